The Kier molecular flexibility index (Phi) is 1.39. The van der Waals surface area contributed by atoms with Gasteiger partial charge in [0.15, 0.2) is 0 Å². The second-order valence-electron chi connectivity index (χ2n) is 2.53. The van der Waals surface area contributed by atoms with Crippen LogP contribution in [0, 0.1) is 13.8 Å². The summed E-state index contributed by atoms with van der Waals surface area (Å²) in [6.45, 7) is 4.07. The van der Waals surface area contributed by atoms with Gasteiger partial charge in [-0.3, -0.25) is 4.98 Å². The molecule has 2 aromatic rings. The van der Waals surface area contributed by atoms with E-state index in [0.717, 1.165) is 11.2 Å². The number of hydrogen-bond donors (Lipinski definition) is 0. The van der Waals surface area contributed by atoms with Crippen LogP contribution in [0.1, 0.15) is 10.6 Å². The molecule has 0 aliphatic carbocycles. The summed E-state index contributed by atoms with van der Waals surface area (Å²) in [6, 6.07) is 2.02. The van der Waals surface area contributed by atoms with Crippen LogP contribution < -0.4 is 0 Å². The van der Waals surface area contributed by atoms with E-state index in [-0.39, 0.29) is 0 Å². The fourth-order valence-electron chi connectivity index (χ4n) is 1.12. The first-order valence-corrected chi connectivity index (χ1v) is 4.24. The lowest BCUT2D eigenvalue weighted by Crippen LogP contribution is -1.80. The predicted octanol–water partition coefficient (Wildman–Crippen LogP) is 2.31. The maximum absolute atomic E-state index is 4.30. The predicted molar refractivity (Wildman–Crippen MR) is 46.9 cm³/mol. The molecule has 3 heteroatoms. The molecular weight excluding hydrogens is 156 g/mol. The van der Waals surface area contributed by atoms with E-state index in [1.54, 1.807) is 11.5 Å². The van der Waals surface area contributed by atoms with Gasteiger partial charge in [-0.25, -0.2) is 0 Å². The molecule has 2 heterocycles. The van der Waals surface area contributed by atoms with E-state index in [1.807, 2.05) is 19.2 Å². The summed E-state index contributed by atoms with van der Waals surface area (Å²) in [4.78, 5) is 5.43. The average molecular weight is 164 g/mol. The van der Waals surface area contributed by atoms with Crippen molar-refractivity contribution in [3.05, 3.63) is 22.8 Å². The molecule has 0 aliphatic rings. The summed E-state index contributed by atoms with van der Waals surface area (Å²) in [6.07, 6.45) is 1.83. The Morgan fingerprint density at radius 3 is 2.91 bits per heavy atom. The van der Waals surface area contributed by atoms with E-state index >= 15 is 0 Å². The molecule has 0 saturated carbocycles. The Labute approximate surface area is 69.1 Å². The van der Waals surface area contributed by atoms with Gasteiger partial charge in [-0.2, -0.15) is 4.37 Å². The fourth-order valence-corrected chi connectivity index (χ4v) is 1.84. The van der Waals surface area contributed by atoms with Crippen LogP contribution in [0.4, 0.5) is 0 Å². The highest BCUT2D eigenvalue weighted by Crippen LogP contribution is 2.21. The Balaban J connectivity index is 2.94. The molecule has 0 spiro atoms. The summed E-state index contributed by atoms with van der Waals surface area (Å²) in [5.41, 5.74) is 2.07. The molecule has 2 rings (SSSR count). The quantitative estimate of drug-likeness (QED) is 0.597. The van der Waals surface area contributed by atoms with Gasteiger partial charge in [0.1, 0.15) is 5.52 Å². The zero-order valence-corrected chi connectivity index (χ0v) is 7.27. The Morgan fingerprint density at radius 1 is 1.36 bits per heavy atom. The van der Waals surface area contributed by atoms with Gasteiger partial charge >= 0.3 is 0 Å². The molecule has 0 radical (unpaired) electrons. The van der Waals surface area contributed by atoms with Crippen LogP contribution in [0.5, 0.6) is 0 Å². The van der Waals surface area contributed by atoms with Gasteiger partial charge in [0.25, 0.3) is 0 Å². The van der Waals surface area contributed by atoms with Crippen LogP contribution in [0.15, 0.2) is 12.3 Å². The molecule has 0 bridgehead atoms. The van der Waals surface area contributed by atoms with Crippen LogP contribution in [-0.4, -0.2) is 9.36 Å². The normalized spacial score (nSPS) is 10.7. The van der Waals surface area contributed by atoms with Crippen molar-refractivity contribution < 1.29 is 0 Å². The topological polar surface area (TPSA) is 25.8 Å². The van der Waals surface area contributed by atoms with E-state index in [2.05, 4.69) is 16.3 Å². The van der Waals surface area contributed by atoms with Crippen LogP contribution in [0.2, 0.25) is 0 Å². The third kappa shape index (κ3) is 0.922. The Morgan fingerprint density at radius 2 is 2.18 bits per heavy atom. The van der Waals surface area contributed by atoms with Crippen molar-refractivity contribution in [1.29, 1.82) is 0 Å². The number of rotatable bonds is 0. The lowest BCUT2D eigenvalue weighted by molar-refractivity contribution is 1.22. The number of aryl methyl sites for hydroxylation is 2. The van der Waals surface area contributed by atoms with E-state index in [1.165, 1.54) is 10.3 Å². The van der Waals surface area contributed by atoms with Gasteiger partial charge < -0.3 is 0 Å². The zero-order chi connectivity index (χ0) is 7.84. The molecule has 0 saturated heterocycles. The first-order chi connectivity index (χ1) is 5.29. The molecule has 0 atom stereocenters. The highest BCUT2D eigenvalue weighted by molar-refractivity contribution is 7.07. The summed E-state index contributed by atoms with van der Waals surface area (Å²) in [5, 5.41) is 1.24. The third-order valence-electron chi connectivity index (χ3n) is 1.76. The summed E-state index contributed by atoms with van der Waals surface area (Å²) in [5.74, 6) is 0. The number of nitrogens with zero attached hydrogens (tertiary/aromatic N) is 2. The molecule has 0 fully saturated rings. The van der Waals surface area contributed by atoms with Gasteiger partial charge in [-0.05, 0) is 31.4 Å². The standard InChI is InChI=1S/C8H8N2S/c1-5-8-7(3-4-9-5)6(2)11-10-8/h3-4H,1-2H3. The number of pyridine rings is 1. The van der Waals surface area contributed by atoms with E-state index in [4.69, 9.17) is 0 Å². The van der Waals surface area contributed by atoms with E-state index in [0.29, 0.717) is 0 Å². The summed E-state index contributed by atoms with van der Waals surface area (Å²) >= 11 is 1.54. The minimum Gasteiger partial charge on any atom is -0.259 e. The van der Waals surface area contributed by atoms with Crippen molar-refractivity contribution >= 4 is 22.4 Å². The Bertz CT molecular complexity index is 392. The maximum atomic E-state index is 4.30. The van der Waals surface area contributed by atoms with Crippen LogP contribution in [0.25, 0.3) is 10.9 Å². The van der Waals surface area contributed by atoms with Gasteiger partial charge in [0.2, 0.25) is 0 Å². The Hall–Kier alpha value is -0.960. The van der Waals surface area contributed by atoms with Gasteiger partial charge in [-0.15, -0.1) is 0 Å². The van der Waals surface area contributed by atoms with Crippen LogP contribution in [0.3, 0.4) is 0 Å². The largest absolute Gasteiger partial charge is 0.259 e. The molecule has 0 aromatic carbocycles. The zero-order valence-electron chi connectivity index (χ0n) is 6.46. The number of fused-ring (bicyclic) bond motifs is 1. The molecule has 0 aliphatic heterocycles. The fraction of sp³-hybridized carbons (Fsp3) is 0.250. The summed E-state index contributed by atoms with van der Waals surface area (Å²) in [7, 11) is 0. The van der Waals surface area contributed by atoms with Gasteiger partial charge in [0.05, 0.1) is 5.69 Å². The van der Waals surface area contributed by atoms with E-state index < -0.39 is 0 Å². The lowest BCUT2D eigenvalue weighted by atomic mass is 10.2. The SMILES string of the molecule is Cc1snc2c(C)nccc12. The van der Waals surface area contributed by atoms with E-state index in [9.17, 15) is 0 Å². The molecule has 0 unspecified atom stereocenters. The molecule has 56 valence electrons. The minimum absolute atomic E-state index is 1.02. The molecule has 0 amide bonds. The van der Waals surface area contributed by atoms with Crippen molar-refractivity contribution in [2.24, 2.45) is 0 Å². The molecular formula is C8H8N2S. The van der Waals surface area contributed by atoms with Gasteiger partial charge in [0, 0.05) is 16.5 Å². The second kappa shape index (κ2) is 2.27. The average Bonchev–Trinajstić information content (AvgIpc) is 2.35. The summed E-state index contributed by atoms with van der Waals surface area (Å²) < 4.78 is 4.30. The number of hydrogen-bond acceptors (Lipinski definition) is 3. The maximum Gasteiger partial charge on any atom is 0.106 e. The first kappa shape index (κ1) is 6.73. The van der Waals surface area contributed by atoms with Crippen molar-refractivity contribution in [3.8, 4) is 0 Å². The van der Waals surface area contributed by atoms with Gasteiger partial charge in [-0.1, -0.05) is 0 Å². The smallest absolute Gasteiger partial charge is 0.106 e. The molecule has 2 aromatic heterocycles. The third-order valence-corrected chi connectivity index (χ3v) is 2.53. The number of aromatic nitrogens is 2. The lowest BCUT2D eigenvalue weighted by Gasteiger charge is -1.91. The second-order valence-corrected chi connectivity index (χ2v) is 3.51. The monoisotopic (exact) mass is 164 g/mol. The molecule has 11 heavy (non-hydrogen) atoms. The van der Waals surface area contributed by atoms with Crippen molar-refractivity contribution in [1.82, 2.24) is 9.36 Å². The highest BCUT2D eigenvalue weighted by atomic mass is 32.1. The first-order valence-electron chi connectivity index (χ1n) is 3.46. The molecule has 0 N–H and O–H groups in total. The van der Waals surface area contributed by atoms with Crippen LogP contribution >= 0.6 is 11.5 Å². The van der Waals surface area contributed by atoms with Crippen molar-refractivity contribution in [2.75, 3.05) is 0 Å². The van der Waals surface area contributed by atoms with Crippen molar-refractivity contribution in [2.45, 2.75) is 13.8 Å². The highest BCUT2D eigenvalue weighted by Gasteiger charge is 2.03. The van der Waals surface area contributed by atoms with Crippen molar-refractivity contribution in [3.63, 3.8) is 0 Å². The molecule has 2 nitrogen and oxygen atoms in total. The van der Waals surface area contributed by atoms with Crippen LogP contribution in [-0.2, 0) is 0 Å². The minimum atomic E-state index is 1.02.